The van der Waals surface area contributed by atoms with Crippen molar-refractivity contribution >= 4 is 22.1 Å². The van der Waals surface area contributed by atoms with Gasteiger partial charge in [-0.05, 0) is 60.1 Å². The Labute approximate surface area is 310 Å². The molecule has 0 saturated carbocycles. The van der Waals surface area contributed by atoms with Crippen LogP contribution in [0.25, 0.3) is 22.1 Å². The van der Waals surface area contributed by atoms with E-state index in [1.165, 1.54) is 21.5 Å². The predicted molar refractivity (Wildman–Crippen MR) is 190 cm³/mol. The van der Waals surface area contributed by atoms with E-state index in [1.54, 1.807) is 65.8 Å². The largest absolute Gasteiger partial charge is 0.394 e. The number of aromatic amines is 4. The molecule has 56 heavy (non-hydrogen) atoms. The summed E-state index contributed by atoms with van der Waals surface area (Å²) in [5.74, 6) is -1.40. The summed E-state index contributed by atoms with van der Waals surface area (Å²) in [6.07, 6.45) is -12.1. The topological polar surface area (TPSA) is 167 Å². The van der Waals surface area contributed by atoms with Gasteiger partial charge >= 0.3 is 23.7 Å². The van der Waals surface area contributed by atoms with Gasteiger partial charge in [-0.3, -0.25) is 29.5 Å². The van der Waals surface area contributed by atoms with Crippen molar-refractivity contribution in [1.82, 2.24) is 39.5 Å². The number of nitrogens with zero attached hydrogens (tertiary/aromatic N) is 4. The van der Waals surface area contributed by atoms with Crippen molar-refractivity contribution in [1.29, 1.82) is 0 Å². The molecule has 0 saturated heterocycles. The van der Waals surface area contributed by atoms with Gasteiger partial charge in [0, 0.05) is 0 Å². The van der Waals surface area contributed by atoms with Crippen molar-refractivity contribution in [3.8, 4) is 0 Å². The Balaban J connectivity index is 0.000000214. The summed E-state index contributed by atoms with van der Waals surface area (Å²) in [4.78, 5) is 56.5. The Hall–Kier alpha value is -5.82. The zero-order valence-electron chi connectivity index (χ0n) is 30.6. The molecule has 0 bridgehead atoms. The first kappa shape index (κ1) is 41.3. The molecule has 4 heterocycles. The molecule has 0 radical (unpaired) electrons. The van der Waals surface area contributed by atoms with Crippen molar-refractivity contribution in [3.05, 3.63) is 123 Å². The zero-order valence-corrected chi connectivity index (χ0v) is 30.6. The first-order valence-corrected chi connectivity index (χ1v) is 17.1. The maximum atomic E-state index is 14.1. The minimum absolute atomic E-state index is 0.132. The standard InChI is InChI=1S/2C18H18F4N4O2/c2*1-8(2)14(10-5-4-9(3)11(19)6-10)26-15-13(16(27)24-17(28)23-15)12(25-26)7-18(20,21)22/h2*4-6,8,14H,7H2,1-3H3,(H2,23,24,27,28)/t2*14-/m10/s1. The van der Waals surface area contributed by atoms with Gasteiger partial charge in [-0.15, -0.1) is 0 Å². The number of alkyl halides is 6. The number of hydrogen-bond acceptors (Lipinski definition) is 6. The van der Waals surface area contributed by atoms with Crippen LogP contribution >= 0.6 is 0 Å². The molecule has 4 N–H and O–H groups in total. The molecule has 6 aromatic rings. The van der Waals surface area contributed by atoms with E-state index in [0.717, 1.165) is 0 Å². The molecule has 0 unspecified atom stereocenters. The van der Waals surface area contributed by atoms with Gasteiger partial charge in [0.05, 0.1) is 36.3 Å². The van der Waals surface area contributed by atoms with E-state index in [2.05, 4.69) is 20.2 Å². The number of aryl methyl sites for hydroxylation is 2. The molecule has 2 atom stereocenters. The summed E-state index contributed by atoms with van der Waals surface area (Å²) < 4.78 is 108. The second kappa shape index (κ2) is 15.4. The fourth-order valence-corrected chi connectivity index (χ4v) is 6.52. The first-order chi connectivity index (χ1) is 26.0. The highest BCUT2D eigenvalue weighted by atomic mass is 19.4. The molecule has 0 spiro atoms. The Kier molecular flexibility index (Phi) is 11.3. The molecule has 6 rings (SSSR count). The molecular weight excluding hydrogens is 760 g/mol. The van der Waals surface area contributed by atoms with Crippen molar-refractivity contribution in [2.45, 2.75) is 78.8 Å². The molecule has 20 heteroatoms. The normalized spacial score (nSPS) is 13.4. The number of H-pyrrole nitrogens is 4. The highest BCUT2D eigenvalue weighted by Gasteiger charge is 2.35. The average molecular weight is 797 g/mol. The van der Waals surface area contributed by atoms with Crippen LogP contribution in [0.2, 0.25) is 0 Å². The molecule has 0 aliphatic heterocycles. The maximum absolute atomic E-state index is 14.1. The van der Waals surface area contributed by atoms with Crippen LogP contribution in [0.3, 0.4) is 0 Å². The van der Waals surface area contributed by atoms with Gasteiger partial charge in [0.2, 0.25) is 0 Å². The highest BCUT2D eigenvalue weighted by molar-refractivity contribution is 5.78. The molecule has 0 aliphatic carbocycles. The van der Waals surface area contributed by atoms with Gasteiger partial charge in [0.1, 0.15) is 33.7 Å². The number of rotatable bonds is 8. The Morgan fingerprint density at radius 3 is 1.21 bits per heavy atom. The van der Waals surface area contributed by atoms with Crippen molar-refractivity contribution in [3.63, 3.8) is 0 Å². The van der Waals surface area contributed by atoms with Crippen molar-refractivity contribution in [2.24, 2.45) is 11.8 Å². The number of nitrogens with one attached hydrogen (secondary N) is 4. The molecule has 0 amide bonds. The SMILES string of the molecule is Cc1ccc([C@@H](C(C)C)n2nc(CC(F)(F)F)c3c(=O)[nH]c(=O)[nH]c32)cc1F.Cc1ccc([C@H](C(C)C)n2nc(CC(F)(F)F)c3c(=O)[nH]c(=O)[nH]c32)cc1F. The number of halogens is 8. The molecule has 300 valence electrons. The molecule has 12 nitrogen and oxygen atoms in total. The van der Waals surface area contributed by atoms with Crippen LogP contribution in [0, 0.1) is 37.3 Å². The van der Waals surface area contributed by atoms with E-state index >= 15 is 0 Å². The number of fused-ring (bicyclic) bond motifs is 2. The van der Waals surface area contributed by atoms with Gasteiger partial charge in [-0.25, -0.2) is 27.7 Å². The van der Waals surface area contributed by atoms with Gasteiger partial charge in [-0.1, -0.05) is 52.0 Å². The lowest BCUT2D eigenvalue weighted by Gasteiger charge is -2.23. The summed E-state index contributed by atoms with van der Waals surface area (Å²) in [5, 5.41) is 7.35. The van der Waals surface area contributed by atoms with E-state index in [9.17, 15) is 54.3 Å². The Morgan fingerprint density at radius 1 is 0.589 bits per heavy atom. The van der Waals surface area contributed by atoms with Gasteiger partial charge in [0.15, 0.2) is 0 Å². The third-order valence-corrected chi connectivity index (χ3v) is 8.94. The lowest BCUT2D eigenvalue weighted by molar-refractivity contribution is -0.128. The molecular formula is C36H36F8N8O4. The Morgan fingerprint density at radius 2 is 0.929 bits per heavy atom. The predicted octanol–water partition coefficient (Wildman–Crippen LogP) is 6.42. The third-order valence-electron chi connectivity index (χ3n) is 8.94. The van der Waals surface area contributed by atoms with Gasteiger partial charge in [-0.2, -0.15) is 36.5 Å². The maximum Gasteiger partial charge on any atom is 0.394 e. The minimum atomic E-state index is -4.60. The smallest absolute Gasteiger partial charge is 0.292 e. The fourth-order valence-electron chi connectivity index (χ4n) is 6.52. The van der Waals surface area contributed by atoms with Crippen LogP contribution < -0.4 is 22.5 Å². The van der Waals surface area contributed by atoms with E-state index in [0.29, 0.717) is 22.3 Å². The molecule has 2 aromatic carbocycles. The van der Waals surface area contributed by atoms with Crippen molar-refractivity contribution < 1.29 is 35.1 Å². The van der Waals surface area contributed by atoms with Crippen LogP contribution in [0.5, 0.6) is 0 Å². The van der Waals surface area contributed by atoms with Crippen LogP contribution in [0.1, 0.15) is 73.4 Å². The Bertz CT molecular complexity index is 2460. The molecule has 0 aliphatic rings. The van der Waals surface area contributed by atoms with E-state index in [1.807, 2.05) is 9.97 Å². The lowest BCUT2D eigenvalue weighted by atomic mass is 9.95. The number of hydrogen-bond donors (Lipinski definition) is 4. The average Bonchev–Trinajstić information content (AvgIpc) is 3.56. The lowest BCUT2D eigenvalue weighted by Crippen LogP contribution is -2.25. The first-order valence-electron chi connectivity index (χ1n) is 17.1. The second-order valence-corrected chi connectivity index (χ2v) is 14.0. The third kappa shape index (κ3) is 8.83. The number of aromatic nitrogens is 8. The summed E-state index contributed by atoms with van der Waals surface area (Å²) in [7, 11) is 0. The molecule has 0 fully saturated rings. The van der Waals surface area contributed by atoms with Crippen LogP contribution in [0.15, 0.2) is 55.6 Å². The monoisotopic (exact) mass is 796 g/mol. The van der Waals surface area contributed by atoms with Crippen LogP contribution in [-0.2, 0) is 12.8 Å². The second-order valence-electron chi connectivity index (χ2n) is 14.0. The number of benzene rings is 2. The van der Waals surface area contributed by atoms with Crippen LogP contribution in [-0.4, -0.2) is 51.8 Å². The minimum Gasteiger partial charge on any atom is -0.292 e. The van der Waals surface area contributed by atoms with Gasteiger partial charge < -0.3 is 0 Å². The zero-order chi connectivity index (χ0) is 41.6. The summed E-state index contributed by atoms with van der Waals surface area (Å²) in [6.45, 7) is 10.3. The molecule has 4 aromatic heterocycles. The van der Waals surface area contributed by atoms with E-state index < -0.39 is 82.8 Å². The summed E-state index contributed by atoms with van der Waals surface area (Å²) in [5.41, 5.74) is -3.16. The van der Waals surface area contributed by atoms with E-state index in [-0.39, 0.29) is 33.9 Å². The summed E-state index contributed by atoms with van der Waals surface area (Å²) in [6, 6.07) is 7.56. The fraction of sp³-hybridized carbons (Fsp3) is 0.389. The summed E-state index contributed by atoms with van der Waals surface area (Å²) >= 11 is 0. The van der Waals surface area contributed by atoms with Crippen LogP contribution in [0.4, 0.5) is 35.1 Å². The van der Waals surface area contributed by atoms with E-state index in [4.69, 9.17) is 0 Å². The van der Waals surface area contributed by atoms with Crippen molar-refractivity contribution in [2.75, 3.05) is 0 Å². The van der Waals surface area contributed by atoms with Gasteiger partial charge in [0.25, 0.3) is 11.1 Å². The highest BCUT2D eigenvalue weighted by Crippen LogP contribution is 2.33. The quantitative estimate of drug-likeness (QED) is 0.130.